The second-order valence-electron chi connectivity index (χ2n) is 14.8. The average molecular weight is 744 g/mol. The molecule has 0 aliphatic heterocycles. The Morgan fingerprint density at radius 2 is 1.00 bits per heavy atom. The molecule has 13 rings (SSSR count). The molecule has 0 aliphatic carbocycles. The van der Waals surface area contributed by atoms with Crippen LogP contribution in [0.1, 0.15) is 0 Å². The van der Waals surface area contributed by atoms with Crippen LogP contribution >= 0.6 is 11.3 Å². The number of rotatable bonds is 4. The van der Waals surface area contributed by atoms with Crippen LogP contribution in [0.15, 0.2) is 176 Å². The van der Waals surface area contributed by atoms with E-state index in [2.05, 4.69) is 185 Å². The lowest BCUT2D eigenvalue weighted by atomic mass is 10.0. The summed E-state index contributed by atoms with van der Waals surface area (Å²) in [6.07, 6.45) is 0. The highest BCUT2D eigenvalue weighted by molar-refractivity contribution is 7.22. The number of thiazole rings is 1. The molecule has 0 atom stereocenters. The van der Waals surface area contributed by atoms with Gasteiger partial charge in [-0.3, -0.25) is 4.57 Å². The fourth-order valence-electron chi connectivity index (χ4n) is 9.16. The third-order valence-electron chi connectivity index (χ3n) is 11.7. The minimum atomic E-state index is 0.692. The van der Waals surface area contributed by atoms with Crippen molar-refractivity contribution in [1.82, 2.24) is 23.9 Å². The Hall–Kier alpha value is -7.41. The van der Waals surface area contributed by atoms with Crippen LogP contribution in [0.25, 0.3) is 120 Å². The average Bonchev–Trinajstić information content (AvgIpc) is 4.03. The Balaban J connectivity index is 1.06. The molecule has 264 valence electrons. The van der Waals surface area contributed by atoms with Gasteiger partial charge in [-0.2, -0.15) is 0 Å². The summed E-state index contributed by atoms with van der Waals surface area (Å²) < 4.78 is 5.98. The highest BCUT2D eigenvalue weighted by atomic mass is 32.1. The molecule has 0 N–H and O–H groups in total. The van der Waals surface area contributed by atoms with Crippen LogP contribution in [0.4, 0.5) is 0 Å². The molecule has 0 amide bonds. The number of hydrogen-bond acceptors (Lipinski definition) is 4. The predicted octanol–water partition coefficient (Wildman–Crippen LogP) is 13.5. The standard InChI is InChI=1S/C51H29N5S/c1-3-13-30(14-4-1)32-23-25-45-37(27-32)34-17-8-11-21-42(34)56(45)50-35-18-7-10-20-40(35)52-49(54-50)33-24-26-44-38(28-33)39-29-41-48(57-51(53-41)31-15-5-2-6-16-31)46-36-19-9-12-22-43(36)55(44)47(39)46/h1-29H. The fraction of sp³-hybridized carbons (Fsp3) is 0. The van der Waals surface area contributed by atoms with Gasteiger partial charge < -0.3 is 4.40 Å². The third-order valence-corrected chi connectivity index (χ3v) is 12.8. The van der Waals surface area contributed by atoms with Crippen molar-refractivity contribution in [3.05, 3.63) is 176 Å². The van der Waals surface area contributed by atoms with E-state index >= 15 is 0 Å². The van der Waals surface area contributed by atoms with E-state index < -0.39 is 0 Å². The Labute approximate surface area is 329 Å². The van der Waals surface area contributed by atoms with Gasteiger partial charge >= 0.3 is 0 Å². The maximum absolute atomic E-state index is 5.48. The molecule has 0 saturated carbocycles. The molecular weight excluding hydrogens is 715 g/mol. The molecule has 0 fully saturated rings. The molecule has 0 saturated heterocycles. The van der Waals surface area contributed by atoms with Crippen molar-refractivity contribution < 1.29 is 0 Å². The second kappa shape index (κ2) is 11.6. The first-order valence-electron chi connectivity index (χ1n) is 19.2. The van der Waals surface area contributed by atoms with Crippen molar-refractivity contribution in [1.29, 1.82) is 0 Å². The van der Waals surface area contributed by atoms with Crippen molar-refractivity contribution in [2.75, 3.05) is 0 Å². The highest BCUT2D eigenvalue weighted by Crippen LogP contribution is 2.46. The normalized spacial score (nSPS) is 12.2. The highest BCUT2D eigenvalue weighted by Gasteiger charge is 2.24. The molecule has 57 heavy (non-hydrogen) atoms. The summed E-state index contributed by atoms with van der Waals surface area (Å²) in [5, 5.41) is 9.30. The van der Waals surface area contributed by atoms with Gasteiger partial charge in [0.1, 0.15) is 10.8 Å². The van der Waals surface area contributed by atoms with Crippen LogP contribution in [0, 0.1) is 0 Å². The summed E-state index contributed by atoms with van der Waals surface area (Å²) in [5.74, 6) is 1.56. The summed E-state index contributed by atoms with van der Waals surface area (Å²) >= 11 is 1.78. The number of nitrogens with zero attached hydrogens (tertiary/aromatic N) is 5. The van der Waals surface area contributed by atoms with Crippen LogP contribution < -0.4 is 0 Å². The molecule has 0 radical (unpaired) electrons. The molecule has 6 heteroatoms. The first-order valence-corrected chi connectivity index (χ1v) is 20.0. The SMILES string of the molecule is c1ccc(-c2ccc3c(c2)c2ccccc2n3-c2nc(-c3ccc4c(c3)c3cc5nc(-c6ccccc6)sc5c5c6ccccc6n4c35)nc3ccccc23)cc1. The van der Waals surface area contributed by atoms with Crippen molar-refractivity contribution in [3.8, 4) is 38.9 Å². The molecule has 5 aromatic heterocycles. The van der Waals surface area contributed by atoms with Gasteiger partial charge in [0.25, 0.3) is 0 Å². The minimum Gasteiger partial charge on any atom is -0.308 e. The van der Waals surface area contributed by atoms with E-state index in [-0.39, 0.29) is 0 Å². The van der Waals surface area contributed by atoms with Crippen molar-refractivity contribution in [3.63, 3.8) is 0 Å². The van der Waals surface area contributed by atoms with Crippen LogP contribution in [0.3, 0.4) is 0 Å². The quantitative estimate of drug-likeness (QED) is 0.180. The van der Waals surface area contributed by atoms with Gasteiger partial charge in [0.05, 0.1) is 43.3 Å². The van der Waals surface area contributed by atoms with E-state index in [9.17, 15) is 0 Å². The zero-order valence-electron chi connectivity index (χ0n) is 30.4. The Kier molecular flexibility index (Phi) is 6.26. The first kappa shape index (κ1) is 30.9. The van der Waals surface area contributed by atoms with Gasteiger partial charge in [-0.25, -0.2) is 15.0 Å². The van der Waals surface area contributed by atoms with Crippen LogP contribution in [-0.4, -0.2) is 23.9 Å². The van der Waals surface area contributed by atoms with Crippen molar-refractivity contribution >= 4 is 92.4 Å². The zero-order valence-corrected chi connectivity index (χ0v) is 31.2. The Bertz CT molecular complexity index is 3750. The van der Waals surface area contributed by atoms with E-state index in [4.69, 9.17) is 15.0 Å². The smallest absolute Gasteiger partial charge is 0.162 e. The van der Waals surface area contributed by atoms with E-state index in [0.29, 0.717) is 5.82 Å². The summed E-state index contributed by atoms with van der Waals surface area (Å²) in [6.45, 7) is 0. The molecule has 0 unspecified atom stereocenters. The van der Waals surface area contributed by atoms with E-state index in [1.54, 1.807) is 11.3 Å². The molecular formula is C51H29N5S. The molecule has 5 heterocycles. The number of benzene rings is 8. The topological polar surface area (TPSA) is 48.0 Å². The first-order chi connectivity index (χ1) is 28.3. The molecule has 0 bridgehead atoms. The van der Waals surface area contributed by atoms with E-state index in [1.807, 2.05) is 0 Å². The lowest BCUT2D eigenvalue weighted by molar-refractivity contribution is 1.08. The largest absolute Gasteiger partial charge is 0.308 e. The summed E-state index contributed by atoms with van der Waals surface area (Å²) in [7, 11) is 0. The summed E-state index contributed by atoms with van der Waals surface area (Å²) in [4.78, 5) is 15.9. The van der Waals surface area contributed by atoms with Gasteiger partial charge in [-0.15, -0.1) is 11.3 Å². The van der Waals surface area contributed by atoms with Gasteiger partial charge in [0, 0.05) is 48.8 Å². The minimum absolute atomic E-state index is 0.692. The number of hydrogen-bond donors (Lipinski definition) is 0. The van der Waals surface area contributed by atoms with Crippen molar-refractivity contribution in [2.24, 2.45) is 0 Å². The van der Waals surface area contributed by atoms with Gasteiger partial charge in [-0.05, 0) is 71.8 Å². The lowest BCUT2D eigenvalue weighted by Crippen LogP contribution is -2.02. The fourth-order valence-corrected chi connectivity index (χ4v) is 10.3. The Morgan fingerprint density at radius 1 is 0.386 bits per heavy atom. The van der Waals surface area contributed by atoms with E-state index in [1.165, 1.54) is 59.3 Å². The molecule has 8 aromatic carbocycles. The van der Waals surface area contributed by atoms with Crippen molar-refractivity contribution in [2.45, 2.75) is 0 Å². The summed E-state index contributed by atoms with van der Waals surface area (Å²) in [5.41, 5.74) is 12.3. The zero-order chi connectivity index (χ0) is 37.2. The molecule has 0 aliphatic rings. The monoisotopic (exact) mass is 743 g/mol. The van der Waals surface area contributed by atoms with E-state index in [0.717, 1.165) is 54.8 Å². The van der Waals surface area contributed by atoms with Crippen LogP contribution in [0.2, 0.25) is 0 Å². The Morgan fingerprint density at radius 3 is 1.84 bits per heavy atom. The molecule has 0 spiro atoms. The maximum atomic E-state index is 5.48. The maximum Gasteiger partial charge on any atom is 0.162 e. The number of fused-ring (bicyclic) bond motifs is 12. The van der Waals surface area contributed by atoms with Crippen LogP contribution in [-0.2, 0) is 0 Å². The predicted molar refractivity (Wildman–Crippen MR) is 238 cm³/mol. The number of aromatic nitrogens is 5. The molecule has 13 aromatic rings. The van der Waals surface area contributed by atoms with Crippen LogP contribution in [0.5, 0.6) is 0 Å². The number of para-hydroxylation sites is 3. The second-order valence-corrected chi connectivity index (χ2v) is 15.8. The van der Waals surface area contributed by atoms with Gasteiger partial charge in [0.15, 0.2) is 5.82 Å². The molecule has 5 nitrogen and oxygen atoms in total. The summed E-state index contributed by atoms with van der Waals surface area (Å²) in [6, 6.07) is 62.7. The van der Waals surface area contributed by atoms with Gasteiger partial charge in [0.2, 0.25) is 0 Å². The lowest BCUT2D eigenvalue weighted by Gasteiger charge is -2.13. The third kappa shape index (κ3) is 4.36. The van der Waals surface area contributed by atoms with Gasteiger partial charge in [-0.1, -0.05) is 115 Å².